The summed E-state index contributed by atoms with van der Waals surface area (Å²) in [7, 11) is 0. The average molecular weight is 251 g/mol. The molecule has 0 aliphatic heterocycles. The summed E-state index contributed by atoms with van der Waals surface area (Å²) in [5, 5.41) is 4.01. The smallest absolute Gasteiger partial charge is 0.00979 e. The molecule has 0 aromatic heterocycles. The maximum Gasteiger partial charge on any atom is 0.00979 e. The van der Waals surface area contributed by atoms with Crippen molar-refractivity contribution in [3.8, 4) is 0 Å². The van der Waals surface area contributed by atoms with Gasteiger partial charge in [0.25, 0.3) is 0 Å². The van der Waals surface area contributed by atoms with Crippen LogP contribution in [-0.2, 0) is 0 Å². The zero-order chi connectivity index (χ0) is 12.6. The van der Waals surface area contributed by atoms with Gasteiger partial charge in [-0.25, -0.2) is 0 Å². The fraction of sp³-hybridized carbons (Fsp3) is 1.00. The average Bonchev–Trinajstić information content (AvgIpc) is 2.83. The number of rotatable bonds is 7. The second kappa shape index (κ2) is 8.19. The Kier molecular flexibility index (Phi) is 6.54. The minimum absolute atomic E-state index is 0.861. The molecule has 0 bridgehead atoms. The van der Waals surface area contributed by atoms with E-state index in [0.717, 1.165) is 18.0 Å². The van der Waals surface area contributed by atoms with Crippen LogP contribution in [0.3, 0.4) is 0 Å². The standard InChI is InChI=1S/C17H33N/c1-2-3-4-6-10-15-11-9-14-17(15)18-16-12-7-5-8-13-16/h15-18H,2-14H2,1H3. The van der Waals surface area contributed by atoms with Crippen LogP contribution in [0, 0.1) is 5.92 Å². The lowest BCUT2D eigenvalue weighted by atomic mass is 9.91. The first-order valence-electron chi connectivity index (χ1n) is 8.66. The van der Waals surface area contributed by atoms with E-state index in [0.29, 0.717) is 0 Å². The van der Waals surface area contributed by atoms with E-state index in [1.54, 1.807) is 0 Å². The predicted octanol–water partition coefficient (Wildman–Crippen LogP) is 5.05. The minimum Gasteiger partial charge on any atom is -0.311 e. The fourth-order valence-electron chi connectivity index (χ4n) is 4.01. The van der Waals surface area contributed by atoms with Crippen LogP contribution in [0.15, 0.2) is 0 Å². The summed E-state index contributed by atoms with van der Waals surface area (Å²) >= 11 is 0. The second-order valence-corrected chi connectivity index (χ2v) is 6.65. The molecular weight excluding hydrogens is 218 g/mol. The third-order valence-corrected chi connectivity index (χ3v) is 5.14. The van der Waals surface area contributed by atoms with Crippen molar-refractivity contribution in [1.82, 2.24) is 5.32 Å². The lowest BCUT2D eigenvalue weighted by Gasteiger charge is -2.29. The molecule has 2 unspecified atom stereocenters. The molecule has 1 nitrogen and oxygen atoms in total. The SMILES string of the molecule is CCCCCCC1CCCC1NC1CCCCC1. The van der Waals surface area contributed by atoms with Gasteiger partial charge in [-0.05, 0) is 38.0 Å². The fourth-order valence-corrected chi connectivity index (χ4v) is 4.01. The summed E-state index contributed by atoms with van der Waals surface area (Å²) in [5.74, 6) is 1.00. The van der Waals surface area contributed by atoms with Gasteiger partial charge in [0.15, 0.2) is 0 Å². The zero-order valence-electron chi connectivity index (χ0n) is 12.4. The van der Waals surface area contributed by atoms with E-state index in [1.807, 2.05) is 0 Å². The van der Waals surface area contributed by atoms with Crippen LogP contribution in [0.4, 0.5) is 0 Å². The topological polar surface area (TPSA) is 12.0 Å². The van der Waals surface area contributed by atoms with Gasteiger partial charge in [0.05, 0.1) is 0 Å². The Balaban J connectivity index is 1.66. The monoisotopic (exact) mass is 251 g/mol. The normalized spacial score (nSPS) is 29.8. The molecule has 2 rings (SSSR count). The summed E-state index contributed by atoms with van der Waals surface area (Å²) in [5.41, 5.74) is 0. The van der Waals surface area contributed by atoms with E-state index < -0.39 is 0 Å². The minimum atomic E-state index is 0.861. The first-order valence-corrected chi connectivity index (χ1v) is 8.66. The van der Waals surface area contributed by atoms with E-state index >= 15 is 0 Å². The molecule has 2 atom stereocenters. The van der Waals surface area contributed by atoms with Crippen molar-refractivity contribution in [1.29, 1.82) is 0 Å². The molecule has 106 valence electrons. The van der Waals surface area contributed by atoms with Gasteiger partial charge in [-0.1, -0.05) is 58.3 Å². The molecule has 18 heavy (non-hydrogen) atoms. The van der Waals surface area contributed by atoms with Crippen LogP contribution in [-0.4, -0.2) is 12.1 Å². The number of unbranched alkanes of at least 4 members (excludes halogenated alkanes) is 3. The van der Waals surface area contributed by atoms with E-state index in [2.05, 4.69) is 12.2 Å². The van der Waals surface area contributed by atoms with Gasteiger partial charge in [0.2, 0.25) is 0 Å². The Labute approximate surface area is 114 Å². The molecule has 0 aromatic rings. The zero-order valence-corrected chi connectivity index (χ0v) is 12.4. The Hall–Kier alpha value is -0.0400. The summed E-state index contributed by atoms with van der Waals surface area (Å²) < 4.78 is 0. The van der Waals surface area contributed by atoms with E-state index in [9.17, 15) is 0 Å². The van der Waals surface area contributed by atoms with Crippen LogP contribution in [0.1, 0.15) is 90.4 Å². The van der Waals surface area contributed by atoms with E-state index in [4.69, 9.17) is 0 Å². The highest BCUT2D eigenvalue weighted by Crippen LogP contribution is 2.31. The third-order valence-electron chi connectivity index (χ3n) is 5.14. The Morgan fingerprint density at radius 2 is 1.67 bits per heavy atom. The van der Waals surface area contributed by atoms with Gasteiger partial charge < -0.3 is 5.32 Å². The highest BCUT2D eigenvalue weighted by molar-refractivity contribution is 4.86. The number of hydrogen-bond donors (Lipinski definition) is 1. The lowest BCUT2D eigenvalue weighted by Crippen LogP contribution is -2.41. The summed E-state index contributed by atoms with van der Waals surface area (Å²) in [6.45, 7) is 2.31. The highest BCUT2D eigenvalue weighted by Gasteiger charge is 2.28. The Bertz CT molecular complexity index is 208. The lowest BCUT2D eigenvalue weighted by molar-refractivity contribution is 0.288. The largest absolute Gasteiger partial charge is 0.311 e. The van der Waals surface area contributed by atoms with Crippen molar-refractivity contribution in [2.45, 2.75) is 102 Å². The van der Waals surface area contributed by atoms with Crippen LogP contribution < -0.4 is 5.32 Å². The van der Waals surface area contributed by atoms with Gasteiger partial charge in [-0.15, -0.1) is 0 Å². The second-order valence-electron chi connectivity index (χ2n) is 6.65. The van der Waals surface area contributed by atoms with Crippen LogP contribution >= 0.6 is 0 Å². The number of nitrogens with one attached hydrogen (secondary N) is 1. The van der Waals surface area contributed by atoms with Crippen LogP contribution in [0.25, 0.3) is 0 Å². The first kappa shape index (κ1) is 14.4. The molecule has 0 amide bonds. The predicted molar refractivity (Wildman–Crippen MR) is 79.9 cm³/mol. The van der Waals surface area contributed by atoms with E-state index in [-0.39, 0.29) is 0 Å². The summed E-state index contributed by atoms with van der Waals surface area (Å²) in [4.78, 5) is 0. The van der Waals surface area contributed by atoms with Gasteiger partial charge in [0.1, 0.15) is 0 Å². The molecule has 2 aliphatic rings. The van der Waals surface area contributed by atoms with Crippen molar-refractivity contribution in [2.75, 3.05) is 0 Å². The van der Waals surface area contributed by atoms with Crippen molar-refractivity contribution in [3.05, 3.63) is 0 Å². The number of hydrogen-bond acceptors (Lipinski definition) is 1. The van der Waals surface area contributed by atoms with Crippen molar-refractivity contribution in [3.63, 3.8) is 0 Å². The molecule has 1 N–H and O–H groups in total. The van der Waals surface area contributed by atoms with Gasteiger partial charge >= 0.3 is 0 Å². The highest BCUT2D eigenvalue weighted by atomic mass is 15.0. The van der Waals surface area contributed by atoms with Gasteiger partial charge in [0, 0.05) is 12.1 Å². The molecule has 0 saturated heterocycles. The van der Waals surface area contributed by atoms with E-state index in [1.165, 1.54) is 83.5 Å². The van der Waals surface area contributed by atoms with Crippen molar-refractivity contribution < 1.29 is 0 Å². The van der Waals surface area contributed by atoms with Gasteiger partial charge in [-0.2, -0.15) is 0 Å². The van der Waals surface area contributed by atoms with Crippen molar-refractivity contribution in [2.24, 2.45) is 5.92 Å². The molecule has 0 heterocycles. The molecule has 2 saturated carbocycles. The molecule has 0 spiro atoms. The maximum absolute atomic E-state index is 4.01. The molecular formula is C17H33N. The van der Waals surface area contributed by atoms with Crippen LogP contribution in [0.2, 0.25) is 0 Å². The molecule has 2 aliphatic carbocycles. The summed E-state index contributed by atoms with van der Waals surface area (Å²) in [6.07, 6.45) is 18.9. The maximum atomic E-state index is 4.01. The quantitative estimate of drug-likeness (QED) is 0.624. The Morgan fingerprint density at radius 1 is 0.833 bits per heavy atom. The Morgan fingerprint density at radius 3 is 2.44 bits per heavy atom. The molecule has 1 heteroatoms. The van der Waals surface area contributed by atoms with Crippen LogP contribution in [0.5, 0.6) is 0 Å². The van der Waals surface area contributed by atoms with Crippen molar-refractivity contribution >= 4 is 0 Å². The van der Waals surface area contributed by atoms with Gasteiger partial charge in [-0.3, -0.25) is 0 Å². The third kappa shape index (κ3) is 4.57. The molecule has 2 fully saturated rings. The first-order chi connectivity index (χ1) is 8.90. The molecule has 0 radical (unpaired) electrons. The molecule has 0 aromatic carbocycles. The summed E-state index contributed by atoms with van der Waals surface area (Å²) in [6, 6.07) is 1.73.